The molecule has 0 aliphatic rings. The van der Waals surface area contributed by atoms with Gasteiger partial charge in [-0.15, -0.1) is 0 Å². The van der Waals surface area contributed by atoms with E-state index < -0.39 is 11.7 Å². The van der Waals surface area contributed by atoms with Crippen LogP contribution in [-0.2, 0) is 4.74 Å². The lowest BCUT2D eigenvalue weighted by molar-refractivity contribution is -0.0753. The van der Waals surface area contributed by atoms with Gasteiger partial charge in [0, 0.05) is 6.61 Å². The number of aliphatic hydroxyl groups excluding tert-OH is 1. The van der Waals surface area contributed by atoms with E-state index in [2.05, 4.69) is 10.1 Å². The number of ether oxygens (including phenoxy) is 1. The highest BCUT2D eigenvalue weighted by Gasteiger charge is 2.32. The quantitative estimate of drug-likeness (QED) is 0.891. The van der Waals surface area contributed by atoms with Crippen molar-refractivity contribution in [1.29, 1.82) is 0 Å². The Kier molecular flexibility index (Phi) is 5.05. The van der Waals surface area contributed by atoms with Crippen molar-refractivity contribution >= 4 is 11.8 Å². The van der Waals surface area contributed by atoms with Gasteiger partial charge in [-0.05, 0) is 44.5 Å². The van der Waals surface area contributed by atoms with E-state index in [1.54, 1.807) is 32.1 Å². The molecule has 0 aliphatic heterocycles. The van der Waals surface area contributed by atoms with Crippen LogP contribution in [0.3, 0.4) is 0 Å². The zero-order chi connectivity index (χ0) is 16.2. The summed E-state index contributed by atoms with van der Waals surface area (Å²) < 4.78 is 20.1. The Labute approximate surface area is 129 Å². The molecule has 6 heteroatoms. The topological polar surface area (TPSA) is 60.2 Å². The van der Waals surface area contributed by atoms with E-state index >= 15 is 0 Å². The molecule has 1 aromatic carbocycles. The second-order valence-corrected chi connectivity index (χ2v) is 5.40. The van der Waals surface area contributed by atoms with Gasteiger partial charge >= 0.3 is 0 Å². The minimum atomic E-state index is -0.931. The molecule has 1 aromatic heterocycles. The molecule has 5 nitrogen and oxygen atoms in total. The summed E-state index contributed by atoms with van der Waals surface area (Å²) in [5.74, 6) is -0.311. The molecular formula is C16H20FN3O2. The third-order valence-electron chi connectivity index (χ3n) is 3.32. The Morgan fingerprint density at radius 1 is 1.41 bits per heavy atom. The minimum absolute atomic E-state index is 0.311. The van der Waals surface area contributed by atoms with Gasteiger partial charge in [-0.2, -0.15) is 5.10 Å². The van der Waals surface area contributed by atoms with Crippen molar-refractivity contribution in [2.45, 2.75) is 32.5 Å². The van der Waals surface area contributed by atoms with Crippen LogP contribution in [0.5, 0.6) is 0 Å². The van der Waals surface area contributed by atoms with Crippen molar-refractivity contribution in [3.8, 4) is 0 Å². The molecule has 0 radical (unpaired) electrons. The van der Waals surface area contributed by atoms with Crippen molar-refractivity contribution in [2.24, 2.45) is 0 Å². The number of nitrogens with zero attached hydrogens (tertiary/aromatic N) is 3. The zero-order valence-electron chi connectivity index (χ0n) is 12.9. The maximum atomic E-state index is 13.0. The molecule has 22 heavy (non-hydrogen) atoms. The van der Waals surface area contributed by atoms with Crippen LogP contribution in [-0.4, -0.2) is 38.2 Å². The van der Waals surface area contributed by atoms with E-state index in [4.69, 9.17) is 4.74 Å². The first kappa shape index (κ1) is 16.3. The van der Waals surface area contributed by atoms with Gasteiger partial charge in [-0.25, -0.2) is 14.1 Å². The molecule has 0 aliphatic carbocycles. The van der Waals surface area contributed by atoms with Crippen LogP contribution >= 0.6 is 0 Å². The normalized spacial score (nSPS) is 14.1. The molecule has 0 fully saturated rings. The molecule has 1 unspecified atom stereocenters. The highest BCUT2D eigenvalue weighted by Crippen LogP contribution is 2.25. The van der Waals surface area contributed by atoms with Crippen molar-refractivity contribution in [3.05, 3.63) is 48.3 Å². The predicted octanol–water partition coefficient (Wildman–Crippen LogP) is 2.59. The number of rotatable bonds is 6. The fraction of sp³-hybridized carbons (Fsp3) is 0.375. The number of aromatic nitrogens is 3. The zero-order valence-corrected chi connectivity index (χ0v) is 12.9. The van der Waals surface area contributed by atoms with Crippen LogP contribution < -0.4 is 0 Å². The number of hydrogen-bond donors (Lipinski definition) is 1. The molecule has 0 amide bonds. The largest absolute Gasteiger partial charge is 0.384 e. The lowest BCUT2D eigenvalue weighted by atomic mass is 9.97. The van der Waals surface area contributed by atoms with Crippen LogP contribution in [0.2, 0.25) is 0 Å². The summed E-state index contributed by atoms with van der Waals surface area (Å²) in [4.78, 5) is 3.91. The third-order valence-corrected chi connectivity index (χ3v) is 3.32. The van der Waals surface area contributed by atoms with E-state index in [0.29, 0.717) is 12.3 Å². The summed E-state index contributed by atoms with van der Waals surface area (Å²) in [6, 6.07) is 6.00. The van der Waals surface area contributed by atoms with Gasteiger partial charge in [-0.3, -0.25) is 0 Å². The maximum Gasteiger partial charge on any atom is 0.138 e. The van der Waals surface area contributed by atoms with Gasteiger partial charge in [0.1, 0.15) is 24.6 Å². The highest BCUT2D eigenvalue weighted by molar-refractivity contribution is 5.73. The molecule has 0 spiro atoms. The molecule has 0 saturated heterocycles. The lowest BCUT2D eigenvalue weighted by Crippen LogP contribution is -2.41. The van der Waals surface area contributed by atoms with Crippen molar-refractivity contribution < 1.29 is 14.2 Å². The first-order chi connectivity index (χ1) is 10.4. The number of benzene rings is 1. The van der Waals surface area contributed by atoms with E-state index in [-0.39, 0.29) is 5.82 Å². The number of hydrogen-bond acceptors (Lipinski definition) is 4. The van der Waals surface area contributed by atoms with Crippen LogP contribution in [0.25, 0.3) is 11.8 Å². The summed E-state index contributed by atoms with van der Waals surface area (Å²) >= 11 is 0. The first-order valence-corrected chi connectivity index (χ1v) is 7.08. The van der Waals surface area contributed by atoms with E-state index in [9.17, 15) is 9.50 Å². The molecule has 2 rings (SSSR count). The van der Waals surface area contributed by atoms with Crippen LogP contribution in [0.15, 0.2) is 36.9 Å². The average Bonchev–Trinajstić information content (AvgIpc) is 3.00. The maximum absolute atomic E-state index is 13.0. The third kappa shape index (κ3) is 3.78. The smallest absolute Gasteiger partial charge is 0.138 e. The van der Waals surface area contributed by atoms with Crippen molar-refractivity contribution in [2.75, 3.05) is 6.61 Å². The fourth-order valence-corrected chi connectivity index (χ4v) is 2.15. The number of aliphatic hydroxyl groups is 1. The molecule has 118 valence electrons. The fourth-order valence-electron chi connectivity index (χ4n) is 2.15. The van der Waals surface area contributed by atoms with E-state index in [0.717, 1.165) is 5.56 Å². The summed E-state index contributed by atoms with van der Waals surface area (Å²) in [7, 11) is 0. The van der Waals surface area contributed by atoms with Gasteiger partial charge in [0.15, 0.2) is 0 Å². The van der Waals surface area contributed by atoms with Crippen LogP contribution in [0, 0.1) is 5.82 Å². The van der Waals surface area contributed by atoms with Gasteiger partial charge in [0.25, 0.3) is 0 Å². The van der Waals surface area contributed by atoms with Crippen LogP contribution in [0.1, 0.15) is 26.3 Å². The second-order valence-electron chi connectivity index (χ2n) is 5.40. The van der Waals surface area contributed by atoms with Gasteiger partial charge in [0.2, 0.25) is 0 Å². The van der Waals surface area contributed by atoms with Crippen LogP contribution in [0.4, 0.5) is 4.39 Å². The molecule has 1 N–H and O–H groups in total. The Hall–Kier alpha value is -2.05. The first-order valence-electron chi connectivity index (χ1n) is 7.08. The Morgan fingerprint density at radius 2 is 2.09 bits per heavy atom. The molecule has 0 saturated carbocycles. The molecule has 1 atom stereocenters. The molecular weight excluding hydrogens is 285 g/mol. The standard InChI is InChI=1S/C16H20FN3O2/c1-4-22-16(2,3)15(21)14(20-11-18-10-19-20)9-12-5-7-13(17)8-6-12/h5-11,15,21H,4H2,1-3H3. The Balaban J connectivity index is 2.41. The summed E-state index contributed by atoms with van der Waals surface area (Å²) in [6.45, 7) is 5.95. The van der Waals surface area contributed by atoms with Gasteiger partial charge < -0.3 is 9.84 Å². The number of halogens is 1. The molecule has 1 heterocycles. The Morgan fingerprint density at radius 3 is 2.64 bits per heavy atom. The van der Waals surface area contributed by atoms with Crippen molar-refractivity contribution in [1.82, 2.24) is 14.8 Å². The SMILES string of the molecule is CCOC(C)(C)C(O)C(=Cc1ccc(F)cc1)n1cncn1. The molecule has 2 aromatic rings. The van der Waals surface area contributed by atoms with Gasteiger partial charge in [0.05, 0.1) is 11.3 Å². The monoisotopic (exact) mass is 305 g/mol. The average molecular weight is 305 g/mol. The Bertz CT molecular complexity index is 621. The summed E-state index contributed by atoms with van der Waals surface area (Å²) in [5.41, 5.74) is 0.452. The minimum Gasteiger partial charge on any atom is -0.384 e. The summed E-state index contributed by atoms with van der Waals surface area (Å²) in [6.07, 6.45) is 3.69. The highest BCUT2D eigenvalue weighted by atomic mass is 19.1. The van der Waals surface area contributed by atoms with Crippen molar-refractivity contribution in [3.63, 3.8) is 0 Å². The molecule has 0 bridgehead atoms. The van der Waals surface area contributed by atoms with Gasteiger partial charge in [-0.1, -0.05) is 12.1 Å². The van der Waals surface area contributed by atoms with E-state index in [1.807, 2.05) is 6.92 Å². The van der Waals surface area contributed by atoms with E-state index in [1.165, 1.54) is 29.5 Å². The second kappa shape index (κ2) is 6.81. The predicted molar refractivity (Wildman–Crippen MR) is 82.3 cm³/mol. The lowest BCUT2D eigenvalue weighted by Gasteiger charge is -2.31. The summed E-state index contributed by atoms with van der Waals surface area (Å²) in [5, 5.41) is 14.8.